The maximum absolute atomic E-state index is 12.5. The highest BCUT2D eigenvalue weighted by atomic mass is 19.4. The molecule has 3 nitrogen and oxygen atoms in total. The van der Waals surface area contributed by atoms with Crippen molar-refractivity contribution in [1.29, 1.82) is 0 Å². The number of hydrogen-bond donors (Lipinski definition) is 1. The predicted octanol–water partition coefficient (Wildman–Crippen LogP) is 2.51. The molecular weight excluding hydrogens is 247 g/mol. The molecule has 0 radical (unpaired) electrons. The maximum atomic E-state index is 12.5. The minimum absolute atomic E-state index is 0.0586. The molecule has 1 saturated carbocycles. The van der Waals surface area contributed by atoms with E-state index >= 15 is 0 Å². The van der Waals surface area contributed by atoms with Crippen molar-refractivity contribution in [1.82, 2.24) is 4.90 Å². The van der Waals surface area contributed by atoms with Gasteiger partial charge in [-0.05, 0) is 38.8 Å². The fourth-order valence-corrected chi connectivity index (χ4v) is 3.22. The molecule has 1 aliphatic heterocycles. The van der Waals surface area contributed by atoms with E-state index in [0.29, 0.717) is 19.5 Å². The second kappa shape index (κ2) is 5.07. The van der Waals surface area contributed by atoms with Crippen LogP contribution in [0.25, 0.3) is 0 Å². The summed E-state index contributed by atoms with van der Waals surface area (Å²) in [5.41, 5.74) is 0. The van der Waals surface area contributed by atoms with Crippen LogP contribution < -0.4 is 0 Å². The number of carboxylic acids is 1. The standard InChI is InChI=1S/C12H18F3NO2/c13-12(14,15)8-4-6-16(7-5-8)10-3-1-2-9(10)11(17)18/h8-10H,1-7H2,(H,17,18). The first-order chi connectivity index (χ1) is 8.39. The van der Waals surface area contributed by atoms with Gasteiger partial charge in [0.1, 0.15) is 0 Å². The van der Waals surface area contributed by atoms with E-state index in [4.69, 9.17) is 5.11 Å². The molecule has 0 aromatic carbocycles. The van der Waals surface area contributed by atoms with Gasteiger partial charge in [0, 0.05) is 6.04 Å². The first-order valence-corrected chi connectivity index (χ1v) is 6.43. The van der Waals surface area contributed by atoms with Crippen LogP contribution in [0.3, 0.4) is 0 Å². The zero-order valence-electron chi connectivity index (χ0n) is 10.1. The van der Waals surface area contributed by atoms with Gasteiger partial charge in [0.15, 0.2) is 0 Å². The molecule has 2 rings (SSSR count). The van der Waals surface area contributed by atoms with Crippen molar-refractivity contribution in [3.63, 3.8) is 0 Å². The molecule has 2 aliphatic rings. The lowest BCUT2D eigenvalue weighted by molar-refractivity contribution is -0.187. The van der Waals surface area contributed by atoms with Crippen LogP contribution in [0.15, 0.2) is 0 Å². The van der Waals surface area contributed by atoms with E-state index < -0.39 is 24.0 Å². The molecule has 1 heterocycles. The summed E-state index contributed by atoms with van der Waals surface area (Å²) in [6.45, 7) is 0.747. The number of likely N-dealkylation sites (tertiary alicyclic amines) is 1. The van der Waals surface area contributed by atoms with Gasteiger partial charge in [-0.15, -0.1) is 0 Å². The van der Waals surface area contributed by atoms with Crippen molar-refractivity contribution < 1.29 is 23.1 Å². The molecule has 6 heteroatoms. The van der Waals surface area contributed by atoms with E-state index in [1.165, 1.54) is 0 Å². The molecule has 104 valence electrons. The summed E-state index contributed by atoms with van der Waals surface area (Å²) in [6.07, 6.45) is -1.58. The second-order valence-corrected chi connectivity index (χ2v) is 5.29. The Labute approximate surface area is 104 Å². The van der Waals surface area contributed by atoms with E-state index in [1.54, 1.807) is 0 Å². The van der Waals surface area contributed by atoms with Crippen LogP contribution >= 0.6 is 0 Å². The van der Waals surface area contributed by atoms with Crippen molar-refractivity contribution in [2.45, 2.75) is 44.3 Å². The highest BCUT2D eigenvalue weighted by Crippen LogP contribution is 2.37. The molecule has 0 bridgehead atoms. The van der Waals surface area contributed by atoms with Gasteiger partial charge < -0.3 is 5.11 Å². The SMILES string of the molecule is O=C(O)C1CCCC1N1CCC(C(F)(F)F)CC1. The summed E-state index contributed by atoms with van der Waals surface area (Å²) in [4.78, 5) is 13.0. The molecule has 1 aliphatic carbocycles. The first-order valence-electron chi connectivity index (χ1n) is 6.43. The van der Waals surface area contributed by atoms with E-state index in [-0.39, 0.29) is 18.9 Å². The van der Waals surface area contributed by atoms with Gasteiger partial charge in [-0.2, -0.15) is 13.2 Å². The molecule has 1 N–H and O–H groups in total. The number of hydrogen-bond acceptors (Lipinski definition) is 2. The lowest BCUT2D eigenvalue weighted by Gasteiger charge is -2.38. The van der Waals surface area contributed by atoms with E-state index in [0.717, 1.165) is 12.8 Å². The van der Waals surface area contributed by atoms with Crippen molar-refractivity contribution in [2.24, 2.45) is 11.8 Å². The summed E-state index contributed by atoms with van der Waals surface area (Å²) in [6, 6.07) is -0.0586. The fourth-order valence-electron chi connectivity index (χ4n) is 3.22. The van der Waals surface area contributed by atoms with Crippen LogP contribution in [0.5, 0.6) is 0 Å². The van der Waals surface area contributed by atoms with Gasteiger partial charge in [-0.25, -0.2) is 0 Å². The molecule has 2 unspecified atom stereocenters. The van der Waals surface area contributed by atoms with Crippen molar-refractivity contribution in [2.75, 3.05) is 13.1 Å². The van der Waals surface area contributed by atoms with Crippen LogP contribution in [0.1, 0.15) is 32.1 Å². The Morgan fingerprint density at radius 3 is 2.22 bits per heavy atom. The van der Waals surface area contributed by atoms with Gasteiger partial charge in [-0.3, -0.25) is 9.69 Å². The van der Waals surface area contributed by atoms with E-state index in [2.05, 4.69) is 0 Å². The molecule has 0 aromatic rings. The molecule has 18 heavy (non-hydrogen) atoms. The van der Waals surface area contributed by atoms with Gasteiger partial charge in [0.25, 0.3) is 0 Å². The first kappa shape index (κ1) is 13.6. The van der Waals surface area contributed by atoms with Gasteiger partial charge in [-0.1, -0.05) is 6.42 Å². The van der Waals surface area contributed by atoms with Gasteiger partial charge >= 0.3 is 12.1 Å². The largest absolute Gasteiger partial charge is 0.481 e. The maximum Gasteiger partial charge on any atom is 0.391 e. The number of aliphatic carboxylic acids is 1. The average Bonchev–Trinajstić information content (AvgIpc) is 2.77. The Bertz CT molecular complexity index is 311. The predicted molar refractivity (Wildman–Crippen MR) is 59.1 cm³/mol. The van der Waals surface area contributed by atoms with Crippen LogP contribution in [0.2, 0.25) is 0 Å². The normalized spacial score (nSPS) is 31.7. The van der Waals surface area contributed by atoms with Crippen LogP contribution in [-0.2, 0) is 4.79 Å². The lowest BCUT2D eigenvalue weighted by Crippen LogP contribution is -2.47. The molecule has 0 amide bonds. The Kier molecular flexibility index (Phi) is 3.84. The topological polar surface area (TPSA) is 40.5 Å². The third kappa shape index (κ3) is 2.79. The minimum Gasteiger partial charge on any atom is -0.481 e. The molecule has 1 saturated heterocycles. The van der Waals surface area contributed by atoms with Crippen molar-refractivity contribution in [3.8, 4) is 0 Å². The lowest BCUT2D eigenvalue weighted by atomic mass is 9.93. The quantitative estimate of drug-likeness (QED) is 0.834. The van der Waals surface area contributed by atoms with Crippen LogP contribution in [0, 0.1) is 11.8 Å². The number of rotatable bonds is 2. The average molecular weight is 265 g/mol. The highest BCUT2D eigenvalue weighted by Gasteiger charge is 2.44. The molecule has 2 fully saturated rings. The van der Waals surface area contributed by atoms with Crippen LogP contribution in [0.4, 0.5) is 13.2 Å². The van der Waals surface area contributed by atoms with Gasteiger partial charge in [0.05, 0.1) is 11.8 Å². The van der Waals surface area contributed by atoms with E-state index in [9.17, 15) is 18.0 Å². The number of alkyl halides is 3. The summed E-state index contributed by atoms with van der Waals surface area (Å²) in [5.74, 6) is -2.42. The number of piperidine rings is 1. The molecule has 2 atom stereocenters. The molecular formula is C12H18F3NO2. The van der Waals surface area contributed by atoms with Crippen molar-refractivity contribution >= 4 is 5.97 Å². The Balaban J connectivity index is 1.91. The summed E-state index contributed by atoms with van der Waals surface area (Å²) in [5, 5.41) is 9.09. The zero-order chi connectivity index (χ0) is 13.3. The summed E-state index contributed by atoms with van der Waals surface area (Å²) < 4.78 is 37.6. The zero-order valence-corrected chi connectivity index (χ0v) is 10.1. The minimum atomic E-state index is -4.10. The van der Waals surface area contributed by atoms with Gasteiger partial charge in [0.2, 0.25) is 0 Å². The number of nitrogens with zero attached hydrogens (tertiary/aromatic N) is 1. The number of halogens is 3. The second-order valence-electron chi connectivity index (χ2n) is 5.29. The Morgan fingerprint density at radius 2 is 1.72 bits per heavy atom. The monoisotopic (exact) mass is 265 g/mol. The number of carboxylic acid groups (broad SMARTS) is 1. The van der Waals surface area contributed by atoms with Crippen molar-refractivity contribution in [3.05, 3.63) is 0 Å². The third-order valence-corrected chi connectivity index (χ3v) is 4.26. The Hall–Kier alpha value is -0.780. The number of carbonyl (C=O) groups is 1. The molecule has 0 aromatic heterocycles. The molecule has 0 spiro atoms. The highest BCUT2D eigenvalue weighted by molar-refractivity contribution is 5.71. The summed E-state index contributed by atoms with van der Waals surface area (Å²) in [7, 11) is 0. The third-order valence-electron chi connectivity index (χ3n) is 4.26. The summed E-state index contributed by atoms with van der Waals surface area (Å²) >= 11 is 0. The Morgan fingerprint density at radius 1 is 1.11 bits per heavy atom. The fraction of sp³-hybridized carbons (Fsp3) is 0.917. The van der Waals surface area contributed by atoms with E-state index in [1.807, 2.05) is 4.90 Å². The smallest absolute Gasteiger partial charge is 0.391 e. The van der Waals surface area contributed by atoms with Crippen LogP contribution in [-0.4, -0.2) is 41.3 Å².